The predicted octanol–water partition coefficient (Wildman–Crippen LogP) is 2.91. The van der Waals surface area contributed by atoms with Crippen LogP contribution in [0.15, 0.2) is 36.4 Å². The topological polar surface area (TPSA) is 109 Å². The molecule has 3 amide bonds. The van der Waals surface area contributed by atoms with E-state index in [1.165, 1.54) is 0 Å². The molecule has 9 heteroatoms. The second kappa shape index (κ2) is 11.3. The summed E-state index contributed by atoms with van der Waals surface area (Å²) >= 11 is 0. The highest BCUT2D eigenvalue weighted by molar-refractivity contribution is 5.94. The van der Waals surface area contributed by atoms with Gasteiger partial charge in [-0.05, 0) is 56.2 Å². The smallest absolute Gasteiger partial charge is 0.317 e. The van der Waals surface area contributed by atoms with E-state index < -0.39 is 5.60 Å². The Bertz CT molecular complexity index is 1060. The number of urea groups is 1. The maximum atomic E-state index is 13.1. The highest BCUT2D eigenvalue weighted by Gasteiger charge is 2.38. The largest absolute Gasteiger partial charge is 0.493 e. The molecule has 0 aromatic heterocycles. The molecule has 0 saturated carbocycles. The molecule has 2 aromatic carbocycles. The summed E-state index contributed by atoms with van der Waals surface area (Å²) in [6.07, 6.45) is 1.15. The van der Waals surface area contributed by atoms with Gasteiger partial charge in [-0.2, -0.15) is 0 Å². The molecule has 1 aliphatic rings. The van der Waals surface area contributed by atoms with E-state index in [9.17, 15) is 9.59 Å². The van der Waals surface area contributed by atoms with Gasteiger partial charge in [0.15, 0.2) is 11.5 Å². The standard InChI is InChI=1S/C26H35N3O6/c1-26(2)16-20(19-15-18(7-9-21(19)35-26)24(31)28-11-13-30)29(25(32)27-3)12-10-17-6-8-22(33-4)23(14-17)34-5/h6-9,14-15,20,30H,10-13,16H2,1-5H3,(H,27,32)(H,28,31). The molecule has 9 nitrogen and oxygen atoms in total. The minimum Gasteiger partial charge on any atom is -0.493 e. The van der Waals surface area contributed by atoms with Gasteiger partial charge in [-0.15, -0.1) is 0 Å². The predicted molar refractivity (Wildman–Crippen MR) is 132 cm³/mol. The summed E-state index contributed by atoms with van der Waals surface area (Å²) in [6, 6.07) is 10.4. The maximum Gasteiger partial charge on any atom is 0.317 e. The number of hydrogen-bond donors (Lipinski definition) is 3. The molecular weight excluding hydrogens is 450 g/mol. The first-order valence-corrected chi connectivity index (χ1v) is 11.6. The van der Waals surface area contributed by atoms with E-state index in [1.807, 2.05) is 32.0 Å². The van der Waals surface area contributed by atoms with E-state index in [0.29, 0.717) is 42.2 Å². The second-order valence-electron chi connectivity index (χ2n) is 9.00. The summed E-state index contributed by atoms with van der Waals surface area (Å²) in [6.45, 7) is 4.44. The molecule has 0 fully saturated rings. The van der Waals surface area contributed by atoms with Crippen LogP contribution in [0.25, 0.3) is 0 Å². The number of benzene rings is 2. The van der Waals surface area contributed by atoms with Gasteiger partial charge in [0.1, 0.15) is 11.4 Å². The van der Waals surface area contributed by atoms with Gasteiger partial charge >= 0.3 is 6.03 Å². The zero-order chi connectivity index (χ0) is 25.6. The number of methoxy groups -OCH3 is 2. The lowest BCUT2D eigenvalue weighted by molar-refractivity contribution is 0.0405. The van der Waals surface area contributed by atoms with Gasteiger partial charge in [0.2, 0.25) is 0 Å². The molecule has 3 N–H and O–H groups in total. The molecule has 0 aliphatic carbocycles. The SMILES string of the molecule is CNC(=O)N(CCc1ccc(OC)c(OC)c1)C1CC(C)(C)Oc2ccc(C(=O)NCCO)cc21. The van der Waals surface area contributed by atoms with Crippen molar-refractivity contribution in [2.75, 3.05) is 41.0 Å². The van der Waals surface area contributed by atoms with Crippen LogP contribution >= 0.6 is 0 Å². The van der Waals surface area contributed by atoms with Crippen molar-refractivity contribution in [3.63, 3.8) is 0 Å². The summed E-state index contributed by atoms with van der Waals surface area (Å²) in [4.78, 5) is 27.4. The lowest BCUT2D eigenvalue weighted by Gasteiger charge is -2.42. The van der Waals surface area contributed by atoms with Crippen LogP contribution < -0.4 is 24.8 Å². The molecule has 0 spiro atoms. The summed E-state index contributed by atoms with van der Waals surface area (Å²) < 4.78 is 16.9. The van der Waals surface area contributed by atoms with Crippen molar-refractivity contribution in [1.82, 2.24) is 15.5 Å². The number of carbonyl (C=O) groups is 2. The van der Waals surface area contributed by atoms with Crippen molar-refractivity contribution in [3.05, 3.63) is 53.1 Å². The third kappa shape index (κ3) is 6.16. The summed E-state index contributed by atoms with van der Waals surface area (Å²) in [5.74, 6) is 1.63. The number of aliphatic hydroxyl groups excluding tert-OH is 1. The molecule has 1 unspecified atom stereocenters. The van der Waals surface area contributed by atoms with Crippen LogP contribution in [0.4, 0.5) is 4.79 Å². The number of ether oxygens (including phenoxy) is 3. The van der Waals surface area contributed by atoms with Gasteiger partial charge in [0, 0.05) is 37.7 Å². The van der Waals surface area contributed by atoms with Crippen molar-refractivity contribution >= 4 is 11.9 Å². The van der Waals surface area contributed by atoms with Crippen LogP contribution in [0.5, 0.6) is 17.2 Å². The molecule has 0 bridgehead atoms. The maximum absolute atomic E-state index is 13.1. The summed E-state index contributed by atoms with van der Waals surface area (Å²) in [5, 5.41) is 14.5. The van der Waals surface area contributed by atoms with Crippen molar-refractivity contribution in [2.45, 2.75) is 38.3 Å². The molecule has 1 aliphatic heterocycles. The molecule has 0 saturated heterocycles. The van der Waals surface area contributed by atoms with Crippen LogP contribution in [-0.4, -0.2) is 68.5 Å². The number of nitrogens with one attached hydrogen (secondary N) is 2. The quantitative estimate of drug-likeness (QED) is 0.504. The van der Waals surface area contributed by atoms with Crippen LogP contribution in [0.2, 0.25) is 0 Å². The fraction of sp³-hybridized carbons (Fsp3) is 0.462. The Morgan fingerprint density at radius 2 is 1.89 bits per heavy atom. The third-order valence-corrected chi connectivity index (χ3v) is 6.04. The van der Waals surface area contributed by atoms with E-state index in [4.69, 9.17) is 19.3 Å². The molecular formula is C26H35N3O6. The molecule has 0 radical (unpaired) electrons. The van der Waals surface area contributed by atoms with E-state index in [0.717, 1.165) is 11.1 Å². The zero-order valence-electron chi connectivity index (χ0n) is 21.0. The Hall–Kier alpha value is -3.46. The fourth-order valence-corrected chi connectivity index (χ4v) is 4.34. The van der Waals surface area contributed by atoms with Gasteiger partial charge in [-0.25, -0.2) is 4.79 Å². The Morgan fingerprint density at radius 3 is 2.54 bits per heavy atom. The van der Waals surface area contributed by atoms with Crippen LogP contribution in [0.1, 0.15) is 47.8 Å². The first kappa shape index (κ1) is 26.2. The Kier molecular flexibility index (Phi) is 8.45. The van der Waals surface area contributed by atoms with Crippen LogP contribution in [-0.2, 0) is 6.42 Å². The van der Waals surface area contributed by atoms with Gasteiger partial charge < -0.3 is 34.9 Å². The van der Waals surface area contributed by atoms with Crippen LogP contribution in [0.3, 0.4) is 0 Å². The number of hydrogen-bond acceptors (Lipinski definition) is 6. The first-order valence-electron chi connectivity index (χ1n) is 11.6. The molecule has 2 aromatic rings. The van der Waals surface area contributed by atoms with Crippen molar-refractivity contribution in [1.29, 1.82) is 0 Å². The average molecular weight is 486 g/mol. The number of nitrogens with zero attached hydrogens (tertiary/aromatic N) is 1. The summed E-state index contributed by atoms with van der Waals surface area (Å²) in [5.41, 5.74) is 1.72. The van der Waals surface area contributed by atoms with Gasteiger partial charge in [0.05, 0.1) is 26.9 Å². The average Bonchev–Trinajstić information content (AvgIpc) is 2.85. The first-order chi connectivity index (χ1) is 16.7. The van der Waals surface area contributed by atoms with Crippen molar-refractivity contribution in [2.24, 2.45) is 0 Å². The molecule has 1 atom stereocenters. The molecule has 190 valence electrons. The minimum absolute atomic E-state index is 0.142. The molecule has 35 heavy (non-hydrogen) atoms. The molecule has 3 rings (SSSR count). The fourth-order valence-electron chi connectivity index (χ4n) is 4.34. The van der Waals surface area contributed by atoms with E-state index in [2.05, 4.69) is 10.6 Å². The van der Waals surface area contributed by atoms with Crippen LogP contribution in [0, 0.1) is 0 Å². The normalized spacial score (nSPS) is 15.9. The zero-order valence-corrected chi connectivity index (χ0v) is 21.0. The highest BCUT2D eigenvalue weighted by atomic mass is 16.5. The van der Waals surface area contributed by atoms with Gasteiger partial charge in [-0.1, -0.05) is 6.07 Å². The highest BCUT2D eigenvalue weighted by Crippen LogP contribution is 2.43. The Balaban J connectivity index is 1.93. The van der Waals surface area contributed by atoms with Crippen molar-refractivity contribution < 1.29 is 28.9 Å². The van der Waals surface area contributed by atoms with E-state index >= 15 is 0 Å². The molecule has 1 heterocycles. The summed E-state index contributed by atoms with van der Waals surface area (Å²) in [7, 11) is 4.79. The Labute approximate surface area is 206 Å². The van der Waals surface area contributed by atoms with E-state index in [1.54, 1.807) is 44.4 Å². The number of amides is 3. The third-order valence-electron chi connectivity index (χ3n) is 6.04. The number of rotatable bonds is 9. The lowest BCUT2D eigenvalue weighted by atomic mass is 9.87. The van der Waals surface area contributed by atoms with Crippen molar-refractivity contribution in [3.8, 4) is 17.2 Å². The van der Waals surface area contributed by atoms with Gasteiger partial charge in [-0.3, -0.25) is 4.79 Å². The second-order valence-corrected chi connectivity index (χ2v) is 9.00. The Morgan fingerprint density at radius 1 is 1.14 bits per heavy atom. The number of aliphatic hydroxyl groups is 1. The van der Waals surface area contributed by atoms with E-state index in [-0.39, 0.29) is 31.1 Å². The van der Waals surface area contributed by atoms with Gasteiger partial charge in [0.25, 0.3) is 5.91 Å². The minimum atomic E-state index is -0.506. The number of fused-ring (bicyclic) bond motifs is 1. The monoisotopic (exact) mass is 485 g/mol. The number of carbonyl (C=O) groups excluding carboxylic acids is 2. The lowest BCUT2D eigenvalue weighted by Crippen LogP contribution is -2.47.